The molecule has 0 aliphatic carbocycles. The maximum absolute atomic E-state index is 13.1. The van der Waals surface area contributed by atoms with E-state index >= 15 is 0 Å². The number of nitrogens with zero attached hydrogens (tertiary/aromatic N) is 1. The second kappa shape index (κ2) is 10.6. The number of halogens is 1. The van der Waals surface area contributed by atoms with Gasteiger partial charge in [-0.1, -0.05) is 74.8 Å². The minimum Gasteiger partial charge on any atom is -0.355 e. The molecule has 5 heteroatoms. The summed E-state index contributed by atoms with van der Waals surface area (Å²) in [6, 6.07) is 15.3. The molecular weight excluding hydrogens is 396 g/mol. The zero-order chi connectivity index (χ0) is 22.3. The minimum absolute atomic E-state index is 0.0615. The third kappa shape index (κ3) is 6.60. The molecule has 0 saturated carbocycles. The predicted molar refractivity (Wildman–Crippen MR) is 124 cm³/mol. The fourth-order valence-electron chi connectivity index (χ4n) is 3.28. The number of hydrogen-bond donors (Lipinski definition) is 1. The van der Waals surface area contributed by atoms with E-state index in [-0.39, 0.29) is 17.2 Å². The van der Waals surface area contributed by atoms with Crippen LogP contribution in [0.2, 0.25) is 5.02 Å². The van der Waals surface area contributed by atoms with E-state index in [1.54, 1.807) is 17.9 Å². The standard InChI is InChI=1S/C25H33ClN2O2/c1-6-27-24(30)18(2)28(17-20-9-7-8-10-22(20)26)23(29)16-13-19-11-14-21(15-12-19)25(3,4)5/h7-12,14-15,18H,6,13,16-17H2,1-5H3,(H,27,30). The lowest BCUT2D eigenvalue weighted by molar-refractivity contribution is -0.140. The SMILES string of the molecule is CCNC(=O)C(C)N(Cc1ccccc1Cl)C(=O)CCc1ccc(C(C)(C)C)cc1. The maximum Gasteiger partial charge on any atom is 0.242 e. The van der Waals surface area contributed by atoms with Gasteiger partial charge >= 0.3 is 0 Å². The molecule has 30 heavy (non-hydrogen) atoms. The van der Waals surface area contributed by atoms with Gasteiger partial charge in [-0.25, -0.2) is 0 Å². The van der Waals surface area contributed by atoms with Gasteiger partial charge in [0.15, 0.2) is 0 Å². The molecule has 162 valence electrons. The van der Waals surface area contributed by atoms with E-state index in [0.29, 0.717) is 31.0 Å². The van der Waals surface area contributed by atoms with Gasteiger partial charge in [-0.2, -0.15) is 0 Å². The number of amides is 2. The predicted octanol–water partition coefficient (Wildman–Crippen LogP) is 5.12. The Bertz CT molecular complexity index is 856. The summed E-state index contributed by atoms with van der Waals surface area (Å²) in [4.78, 5) is 27.2. The van der Waals surface area contributed by atoms with Crippen LogP contribution in [0.3, 0.4) is 0 Å². The van der Waals surface area contributed by atoms with Crippen LogP contribution in [-0.4, -0.2) is 29.3 Å². The third-order valence-electron chi connectivity index (χ3n) is 5.26. The summed E-state index contributed by atoms with van der Waals surface area (Å²) in [5, 5.41) is 3.40. The van der Waals surface area contributed by atoms with E-state index < -0.39 is 6.04 Å². The van der Waals surface area contributed by atoms with Crippen molar-refractivity contribution in [1.29, 1.82) is 0 Å². The van der Waals surface area contributed by atoms with Gasteiger partial charge in [0, 0.05) is 24.5 Å². The zero-order valence-corrected chi connectivity index (χ0v) is 19.4. The summed E-state index contributed by atoms with van der Waals surface area (Å²) in [5.41, 5.74) is 3.31. The Morgan fingerprint density at radius 1 is 1.07 bits per heavy atom. The number of hydrogen-bond acceptors (Lipinski definition) is 2. The molecule has 0 saturated heterocycles. The Morgan fingerprint density at radius 3 is 2.27 bits per heavy atom. The number of carbonyl (C=O) groups excluding carboxylic acids is 2. The summed E-state index contributed by atoms with van der Waals surface area (Å²) in [6.45, 7) is 11.0. The molecule has 1 atom stereocenters. The molecule has 2 rings (SSSR count). The topological polar surface area (TPSA) is 49.4 Å². The van der Waals surface area contributed by atoms with Crippen molar-refractivity contribution in [2.75, 3.05) is 6.54 Å². The normalized spacial score (nSPS) is 12.3. The third-order valence-corrected chi connectivity index (χ3v) is 5.63. The Labute approximate surface area is 185 Å². The van der Waals surface area contributed by atoms with Crippen molar-refractivity contribution < 1.29 is 9.59 Å². The van der Waals surface area contributed by atoms with Crippen LogP contribution in [-0.2, 0) is 28.0 Å². The van der Waals surface area contributed by atoms with Crippen molar-refractivity contribution in [1.82, 2.24) is 10.2 Å². The summed E-state index contributed by atoms with van der Waals surface area (Å²) in [6.07, 6.45) is 0.966. The summed E-state index contributed by atoms with van der Waals surface area (Å²) < 4.78 is 0. The summed E-state index contributed by atoms with van der Waals surface area (Å²) >= 11 is 6.30. The molecule has 1 unspecified atom stereocenters. The molecule has 0 aliphatic rings. The highest BCUT2D eigenvalue weighted by Crippen LogP contribution is 2.23. The Kier molecular flexibility index (Phi) is 8.48. The van der Waals surface area contributed by atoms with Gasteiger partial charge in [-0.05, 0) is 48.4 Å². The van der Waals surface area contributed by atoms with E-state index in [1.807, 2.05) is 25.1 Å². The van der Waals surface area contributed by atoms with Crippen molar-refractivity contribution in [2.24, 2.45) is 0 Å². The number of nitrogens with one attached hydrogen (secondary N) is 1. The molecule has 0 fully saturated rings. The van der Waals surface area contributed by atoms with E-state index in [2.05, 4.69) is 50.4 Å². The van der Waals surface area contributed by atoms with Gasteiger partial charge in [0.1, 0.15) is 6.04 Å². The fourth-order valence-corrected chi connectivity index (χ4v) is 3.48. The summed E-state index contributed by atoms with van der Waals surface area (Å²) in [7, 11) is 0. The van der Waals surface area contributed by atoms with E-state index in [1.165, 1.54) is 5.56 Å². The van der Waals surface area contributed by atoms with Crippen molar-refractivity contribution in [3.8, 4) is 0 Å². The lowest BCUT2D eigenvalue weighted by Gasteiger charge is -2.29. The van der Waals surface area contributed by atoms with Crippen LogP contribution in [0, 0.1) is 0 Å². The molecule has 0 aromatic heterocycles. The van der Waals surface area contributed by atoms with Gasteiger partial charge in [-0.15, -0.1) is 0 Å². The largest absolute Gasteiger partial charge is 0.355 e. The van der Waals surface area contributed by atoms with E-state index in [4.69, 9.17) is 11.6 Å². The van der Waals surface area contributed by atoms with Crippen molar-refractivity contribution in [3.05, 3.63) is 70.2 Å². The molecule has 2 amide bonds. The van der Waals surface area contributed by atoms with Crippen LogP contribution >= 0.6 is 11.6 Å². The first-order valence-electron chi connectivity index (χ1n) is 10.5. The van der Waals surface area contributed by atoms with Crippen molar-refractivity contribution in [2.45, 2.75) is 65.5 Å². The van der Waals surface area contributed by atoms with Crippen LogP contribution in [0.1, 0.15) is 57.7 Å². The molecule has 0 radical (unpaired) electrons. The average Bonchev–Trinajstić information content (AvgIpc) is 2.70. The van der Waals surface area contributed by atoms with Gasteiger partial charge < -0.3 is 10.2 Å². The quantitative estimate of drug-likeness (QED) is 0.634. The minimum atomic E-state index is -0.572. The summed E-state index contributed by atoms with van der Waals surface area (Å²) in [5.74, 6) is -0.221. The molecule has 4 nitrogen and oxygen atoms in total. The molecule has 2 aromatic rings. The second-order valence-corrected chi connectivity index (χ2v) is 9.04. The molecule has 0 spiro atoms. The number of rotatable bonds is 8. The van der Waals surface area contributed by atoms with Crippen LogP contribution < -0.4 is 5.32 Å². The number of carbonyl (C=O) groups is 2. The molecular formula is C25H33ClN2O2. The monoisotopic (exact) mass is 428 g/mol. The molecule has 0 aliphatic heterocycles. The molecule has 1 N–H and O–H groups in total. The first kappa shape index (κ1) is 23.9. The van der Waals surface area contributed by atoms with Crippen molar-refractivity contribution in [3.63, 3.8) is 0 Å². The highest BCUT2D eigenvalue weighted by atomic mass is 35.5. The number of aryl methyl sites for hydroxylation is 1. The van der Waals surface area contributed by atoms with Gasteiger partial charge in [-0.3, -0.25) is 9.59 Å². The smallest absolute Gasteiger partial charge is 0.242 e. The number of benzene rings is 2. The van der Waals surface area contributed by atoms with Crippen LogP contribution in [0.4, 0.5) is 0 Å². The van der Waals surface area contributed by atoms with E-state index in [0.717, 1.165) is 11.1 Å². The Morgan fingerprint density at radius 2 is 1.70 bits per heavy atom. The van der Waals surface area contributed by atoms with Gasteiger partial charge in [0.2, 0.25) is 11.8 Å². The molecule has 0 bridgehead atoms. The van der Waals surface area contributed by atoms with Crippen LogP contribution in [0.15, 0.2) is 48.5 Å². The van der Waals surface area contributed by atoms with Crippen LogP contribution in [0.5, 0.6) is 0 Å². The Balaban J connectivity index is 2.13. The molecule has 2 aromatic carbocycles. The fraction of sp³-hybridized carbons (Fsp3) is 0.440. The van der Waals surface area contributed by atoms with Gasteiger partial charge in [0.05, 0.1) is 0 Å². The van der Waals surface area contributed by atoms with Crippen molar-refractivity contribution >= 4 is 23.4 Å². The Hall–Kier alpha value is -2.33. The lowest BCUT2D eigenvalue weighted by Crippen LogP contribution is -2.47. The molecule has 0 heterocycles. The van der Waals surface area contributed by atoms with E-state index in [9.17, 15) is 9.59 Å². The number of likely N-dealkylation sites (N-methyl/N-ethyl adjacent to an activating group) is 1. The first-order valence-corrected chi connectivity index (χ1v) is 10.9. The zero-order valence-electron chi connectivity index (χ0n) is 18.7. The van der Waals surface area contributed by atoms with Gasteiger partial charge in [0.25, 0.3) is 0 Å². The maximum atomic E-state index is 13.1. The first-order chi connectivity index (χ1) is 14.1. The second-order valence-electron chi connectivity index (χ2n) is 8.63. The lowest BCUT2D eigenvalue weighted by atomic mass is 9.86. The highest BCUT2D eigenvalue weighted by Gasteiger charge is 2.26. The highest BCUT2D eigenvalue weighted by molar-refractivity contribution is 6.31. The van der Waals surface area contributed by atoms with Crippen LogP contribution in [0.25, 0.3) is 0 Å². The average molecular weight is 429 g/mol.